The molecule has 1 saturated heterocycles. The van der Waals surface area contributed by atoms with E-state index in [-0.39, 0.29) is 6.54 Å². The second kappa shape index (κ2) is 3.02. The van der Waals surface area contributed by atoms with E-state index in [9.17, 15) is 8.78 Å². The van der Waals surface area contributed by atoms with Crippen LogP contribution in [0.15, 0.2) is 12.4 Å². The number of hydrogen-bond acceptors (Lipinski definition) is 3. The Bertz CT molecular complexity index is 272. The molecule has 1 fully saturated rings. The molecule has 1 N–H and O–H groups in total. The van der Waals surface area contributed by atoms with E-state index in [0.717, 1.165) is 0 Å². The Hall–Kier alpha value is -1.04. The summed E-state index contributed by atoms with van der Waals surface area (Å²) < 4.78 is 27.8. The van der Waals surface area contributed by atoms with E-state index in [1.54, 1.807) is 0 Å². The molecule has 1 aliphatic heterocycles. The minimum atomic E-state index is -2.73. The van der Waals surface area contributed by atoms with E-state index in [1.807, 2.05) is 0 Å². The summed E-state index contributed by atoms with van der Waals surface area (Å²) in [6.07, 6.45) is 3.28. The van der Waals surface area contributed by atoms with Gasteiger partial charge in [-0.3, -0.25) is 0 Å². The van der Waals surface area contributed by atoms with Crippen molar-refractivity contribution in [2.24, 2.45) is 0 Å². The molecule has 1 aliphatic rings. The molecule has 0 aromatic carbocycles. The normalized spacial score (nSPS) is 27.4. The third kappa shape index (κ3) is 1.53. The van der Waals surface area contributed by atoms with Gasteiger partial charge in [-0.25, -0.2) is 13.5 Å². The van der Waals surface area contributed by atoms with Crippen LogP contribution in [0.1, 0.15) is 12.5 Å². The van der Waals surface area contributed by atoms with E-state index in [2.05, 4.69) is 15.6 Å². The van der Waals surface area contributed by atoms with Crippen LogP contribution in [0.5, 0.6) is 0 Å². The van der Waals surface area contributed by atoms with Gasteiger partial charge in [-0.2, -0.15) is 0 Å². The van der Waals surface area contributed by atoms with Gasteiger partial charge >= 0.3 is 0 Å². The SMILES string of the molecule is FC1(F)CNCCC1n1ccnn1. The van der Waals surface area contributed by atoms with Crippen molar-refractivity contribution in [3.8, 4) is 0 Å². The molecule has 1 aromatic rings. The Morgan fingerprint density at radius 2 is 2.38 bits per heavy atom. The van der Waals surface area contributed by atoms with Crippen LogP contribution in [0.2, 0.25) is 0 Å². The molecule has 6 heteroatoms. The molecular formula is C7H10F2N4. The van der Waals surface area contributed by atoms with E-state index >= 15 is 0 Å². The highest BCUT2D eigenvalue weighted by Crippen LogP contribution is 2.32. The molecule has 2 heterocycles. The zero-order chi connectivity index (χ0) is 9.31. The number of rotatable bonds is 1. The van der Waals surface area contributed by atoms with Crippen molar-refractivity contribution in [1.29, 1.82) is 0 Å². The molecule has 1 unspecified atom stereocenters. The molecule has 72 valence electrons. The topological polar surface area (TPSA) is 42.7 Å². The molecule has 0 spiro atoms. The number of nitrogens with zero attached hydrogens (tertiary/aromatic N) is 3. The number of nitrogens with one attached hydrogen (secondary N) is 1. The van der Waals surface area contributed by atoms with Gasteiger partial charge in [0, 0.05) is 6.20 Å². The second-order valence-electron chi connectivity index (χ2n) is 3.13. The Kier molecular flexibility index (Phi) is 1.99. The highest BCUT2D eigenvalue weighted by Gasteiger charge is 2.43. The first-order valence-electron chi connectivity index (χ1n) is 4.14. The van der Waals surface area contributed by atoms with Crippen molar-refractivity contribution in [3.05, 3.63) is 12.4 Å². The van der Waals surface area contributed by atoms with Gasteiger partial charge in [0.25, 0.3) is 5.92 Å². The molecule has 13 heavy (non-hydrogen) atoms. The summed E-state index contributed by atoms with van der Waals surface area (Å²) >= 11 is 0. The monoisotopic (exact) mass is 188 g/mol. The molecule has 0 radical (unpaired) electrons. The molecule has 0 bridgehead atoms. The largest absolute Gasteiger partial charge is 0.311 e. The summed E-state index contributed by atoms with van der Waals surface area (Å²) in [6.45, 7) is 0.317. The number of piperidine rings is 1. The Labute approximate surface area is 73.9 Å². The van der Waals surface area contributed by atoms with Crippen molar-refractivity contribution >= 4 is 0 Å². The summed E-state index contributed by atoms with van der Waals surface area (Å²) in [6, 6.07) is -0.851. The predicted octanol–water partition coefficient (Wildman–Crippen LogP) is 0.448. The van der Waals surface area contributed by atoms with Crippen LogP contribution < -0.4 is 5.32 Å². The van der Waals surface area contributed by atoms with E-state index in [0.29, 0.717) is 13.0 Å². The van der Waals surface area contributed by atoms with Crippen molar-refractivity contribution in [2.45, 2.75) is 18.4 Å². The Balaban J connectivity index is 2.21. The van der Waals surface area contributed by atoms with Crippen molar-refractivity contribution in [3.63, 3.8) is 0 Å². The van der Waals surface area contributed by atoms with Gasteiger partial charge in [0.15, 0.2) is 0 Å². The van der Waals surface area contributed by atoms with Gasteiger partial charge in [0.2, 0.25) is 0 Å². The molecule has 2 rings (SSSR count). The van der Waals surface area contributed by atoms with Crippen molar-refractivity contribution in [1.82, 2.24) is 20.3 Å². The minimum Gasteiger partial charge on any atom is -0.311 e. The van der Waals surface area contributed by atoms with Gasteiger partial charge in [-0.15, -0.1) is 5.10 Å². The summed E-state index contributed by atoms with van der Waals surface area (Å²) in [4.78, 5) is 0. The highest BCUT2D eigenvalue weighted by atomic mass is 19.3. The van der Waals surface area contributed by atoms with Crippen molar-refractivity contribution in [2.75, 3.05) is 13.1 Å². The molecule has 0 aliphatic carbocycles. The molecule has 1 atom stereocenters. The van der Waals surface area contributed by atoms with Gasteiger partial charge in [0.05, 0.1) is 12.7 Å². The maximum absolute atomic E-state index is 13.3. The lowest BCUT2D eigenvalue weighted by Gasteiger charge is -2.31. The number of aromatic nitrogens is 3. The third-order valence-corrected chi connectivity index (χ3v) is 2.20. The van der Waals surface area contributed by atoms with Gasteiger partial charge in [-0.1, -0.05) is 5.21 Å². The van der Waals surface area contributed by atoms with E-state index < -0.39 is 12.0 Å². The molecule has 0 saturated carbocycles. The smallest absolute Gasteiger partial charge is 0.282 e. The van der Waals surface area contributed by atoms with E-state index in [1.165, 1.54) is 17.1 Å². The minimum absolute atomic E-state index is 0.280. The molecule has 1 aromatic heterocycles. The van der Waals surface area contributed by atoms with Crippen molar-refractivity contribution < 1.29 is 8.78 Å². The fraction of sp³-hybridized carbons (Fsp3) is 0.714. The lowest BCUT2D eigenvalue weighted by molar-refractivity contribution is -0.0702. The van der Waals surface area contributed by atoms with Crippen LogP contribution in [0.3, 0.4) is 0 Å². The van der Waals surface area contributed by atoms with Crippen LogP contribution in [0.25, 0.3) is 0 Å². The average Bonchev–Trinajstić information content (AvgIpc) is 2.55. The fourth-order valence-electron chi connectivity index (χ4n) is 1.53. The van der Waals surface area contributed by atoms with Gasteiger partial charge in [-0.05, 0) is 13.0 Å². The van der Waals surface area contributed by atoms with Gasteiger partial charge in [0.1, 0.15) is 6.04 Å². The third-order valence-electron chi connectivity index (χ3n) is 2.20. The Morgan fingerprint density at radius 3 is 3.00 bits per heavy atom. The maximum Gasteiger partial charge on any atom is 0.282 e. The van der Waals surface area contributed by atoms with Crippen LogP contribution >= 0.6 is 0 Å². The average molecular weight is 188 g/mol. The fourth-order valence-corrected chi connectivity index (χ4v) is 1.53. The summed E-state index contributed by atoms with van der Waals surface area (Å²) in [7, 11) is 0. The van der Waals surface area contributed by atoms with Crippen LogP contribution in [-0.2, 0) is 0 Å². The molecular weight excluding hydrogens is 178 g/mol. The molecule has 0 amide bonds. The number of alkyl halides is 2. The number of halogens is 2. The highest BCUT2D eigenvalue weighted by molar-refractivity contribution is 4.89. The number of hydrogen-bond donors (Lipinski definition) is 1. The summed E-state index contributed by atoms with van der Waals surface area (Å²) in [5, 5.41) is 9.77. The van der Waals surface area contributed by atoms with Crippen LogP contribution in [0.4, 0.5) is 8.78 Å². The lowest BCUT2D eigenvalue weighted by Crippen LogP contribution is -2.47. The zero-order valence-electron chi connectivity index (χ0n) is 6.95. The Morgan fingerprint density at radius 1 is 1.54 bits per heavy atom. The van der Waals surface area contributed by atoms with E-state index in [4.69, 9.17) is 0 Å². The first-order chi connectivity index (χ1) is 6.20. The predicted molar refractivity (Wildman–Crippen MR) is 41.5 cm³/mol. The quantitative estimate of drug-likeness (QED) is 0.695. The lowest BCUT2D eigenvalue weighted by atomic mass is 10.0. The molecule has 4 nitrogen and oxygen atoms in total. The van der Waals surface area contributed by atoms with Crippen LogP contribution in [-0.4, -0.2) is 34.0 Å². The first-order valence-corrected chi connectivity index (χ1v) is 4.14. The maximum atomic E-state index is 13.3. The first kappa shape index (κ1) is 8.55. The second-order valence-corrected chi connectivity index (χ2v) is 3.13. The van der Waals surface area contributed by atoms with Gasteiger partial charge < -0.3 is 5.32 Å². The van der Waals surface area contributed by atoms with Crippen LogP contribution in [0, 0.1) is 0 Å². The standard InChI is InChI=1S/C7H10F2N4/c8-7(9)5-10-2-1-6(7)13-4-3-11-12-13/h3-4,6,10H,1-2,5H2. The summed E-state index contributed by atoms with van der Waals surface area (Å²) in [5.74, 6) is -2.73. The summed E-state index contributed by atoms with van der Waals surface area (Å²) in [5.41, 5.74) is 0. The zero-order valence-corrected chi connectivity index (χ0v) is 6.95.